The molecule has 0 aromatic heterocycles. The van der Waals surface area contributed by atoms with Crippen LogP contribution in [0.5, 0.6) is 17.2 Å². The molecule has 1 heterocycles. The van der Waals surface area contributed by atoms with Gasteiger partial charge < -0.3 is 14.2 Å². The molecule has 2 aromatic rings. The van der Waals surface area contributed by atoms with Crippen LogP contribution in [0.3, 0.4) is 0 Å². The van der Waals surface area contributed by atoms with E-state index >= 15 is 0 Å². The Labute approximate surface area is 154 Å². The van der Waals surface area contributed by atoms with Crippen LogP contribution in [0.25, 0.3) is 0 Å². The van der Waals surface area contributed by atoms with Gasteiger partial charge in [0.05, 0.1) is 12.0 Å². The average Bonchev–Trinajstić information content (AvgIpc) is 3.05. The van der Waals surface area contributed by atoms with Crippen molar-refractivity contribution in [3.05, 3.63) is 46.5 Å². The van der Waals surface area contributed by atoms with E-state index in [4.69, 9.17) is 14.2 Å². The van der Waals surface area contributed by atoms with Gasteiger partial charge in [-0.3, -0.25) is 0 Å². The van der Waals surface area contributed by atoms with E-state index in [1.807, 2.05) is 25.1 Å². The molecule has 0 radical (unpaired) electrons. The van der Waals surface area contributed by atoms with Crippen LogP contribution in [0.4, 0.5) is 0 Å². The fourth-order valence-corrected chi connectivity index (χ4v) is 4.70. The zero-order chi connectivity index (χ0) is 18.9. The zero-order valence-electron chi connectivity index (χ0n) is 15.4. The molecule has 0 fully saturated rings. The quantitative estimate of drug-likeness (QED) is 0.838. The van der Waals surface area contributed by atoms with Crippen molar-refractivity contribution in [2.45, 2.75) is 32.1 Å². The van der Waals surface area contributed by atoms with Gasteiger partial charge in [-0.2, -0.15) is 0 Å². The van der Waals surface area contributed by atoms with Gasteiger partial charge in [0.25, 0.3) is 0 Å². The summed E-state index contributed by atoms with van der Waals surface area (Å²) in [6.07, 6.45) is 0.559. The number of fused-ring (bicyclic) bond motifs is 1. The van der Waals surface area contributed by atoms with E-state index in [9.17, 15) is 8.42 Å². The predicted molar refractivity (Wildman–Crippen MR) is 98.7 cm³/mol. The van der Waals surface area contributed by atoms with Gasteiger partial charge in [0.15, 0.2) is 11.5 Å². The van der Waals surface area contributed by atoms with Gasteiger partial charge in [0, 0.05) is 6.54 Å². The van der Waals surface area contributed by atoms with Gasteiger partial charge in [-0.25, -0.2) is 13.1 Å². The summed E-state index contributed by atoms with van der Waals surface area (Å²) in [7, 11) is -2.03. The van der Waals surface area contributed by atoms with Crippen molar-refractivity contribution in [3.63, 3.8) is 0 Å². The van der Waals surface area contributed by atoms with E-state index in [-0.39, 0.29) is 6.79 Å². The van der Waals surface area contributed by atoms with Crippen molar-refractivity contribution < 1.29 is 22.6 Å². The minimum absolute atomic E-state index is 0.223. The molecule has 0 amide bonds. The molecule has 0 unspecified atom stereocenters. The van der Waals surface area contributed by atoms with Crippen LogP contribution in [-0.2, 0) is 16.4 Å². The lowest BCUT2D eigenvalue weighted by atomic mass is 10.1. The highest BCUT2D eigenvalue weighted by molar-refractivity contribution is 7.89. The molecule has 0 aliphatic carbocycles. The second-order valence-electron chi connectivity index (χ2n) is 6.31. The Balaban J connectivity index is 1.74. The molecular formula is C19H23NO5S. The number of nitrogens with one attached hydrogen (secondary N) is 1. The Bertz CT molecular complexity index is 937. The monoisotopic (exact) mass is 377 g/mol. The number of hydrogen-bond donors (Lipinski definition) is 1. The molecule has 0 saturated heterocycles. The molecule has 6 nitrogen and oxygen atoms in total. The molecule has 2 aromatic carbocycles. The highest BCUT2D eigenvalue weighted by atomic mass is 32.2. The number of ether oxygens (including phenoxy) is 3. The predicted octanol–water partition coefficient (Wildman–Crippen LogP) is 2.87. The smallest absolute Gasteiger partial charge is 0.241 e. The number of sulfonamides is 1. The van der Waals surface area contributed by atoms with E-state index in [1.54, 1.807) is 27.0 Å². The van der Waals surface area contributed by atoms with Gasteiger partial charge in [-0.1, -0.05) is 6.07 Å². The largest absolute Gasteiger partial charge is 0.496 e. The van der Waals surface area contributed by atoms with Crippen LogP contribution < -0.4 is 18.9 Å². The molecule has 0 atom stereocenters. The van der Waals surface area contributed by atoms with E-state index in [0.717, 1.165) is 11.1 Å². The highest BCUT2D eigenvalue weighted by Crippen LogP contribution is 2.33. The lowest BCUT2D eigenvalue weighted by Gasteiger charge is -2.16. The van der Waals surface area contributed by atoms with Gasteiger partial charge in [0.2, 0.25) is 16.8 Å². The minimum atomic E-state index is -3.61. The molecule has 1 aliphatic rings. The number of methoxy groups -OCH3 is 1. The molecule has 0 spiro atoms. The van der Waals surface area contributed by atoms with Crippen LogP contribution in [-0.4, -0.2) is 28.9 Å². The normalized spacial score (nSPS) is 13.1. The maximum absolute atomic E-state index is 12.8. The van der Waals surface area contributed by atoms with Crippen molar-refractivity contribution >= 4 is 10.0 Å². The second kappa shape index (κ2) is 7.17. The van der Waals surface area contributed by atoms with E-state index in [0.29, 0.717) is 46.2 Å². The van der Waals surface area contributed by atoms with Crippen molar-refractivity contribution in [1.82, 2.24) is 4.72 Å². The summed E-state index contributed by atoms with van der Waals surface area (Å²) < 4.78 is 44.3. The van der Waals surface area contributed by atoms with Gasteiger partial charge in [-0.15, -0.1) is 0 Å². The summed E-state index contributed by atoms with van der Waals surface area (Å²) in [6.45, 7) is 5.96. The third-order valence-electron chi connectivity index (χ3n) is 4.61. The topological polar surface area (TPSA) is 73.9 Å². The van der Waals surface area contributed by atoms with Crippen molar-refractivity contribution in [2.24, 2.45) is 0 Å². The first-order valence-electron chi connectivity index (χ1n) is 8.36. The standard InChI is InChI=1S/C19H23NO5S/c1-12-9-17(23-4)13(2)14(3)19(12)26(21,22)20-8-7-15-5-6-16-18(10-15)25-11-24-16/h5-6,9-10,20H,7-8,11H2,1-4H3. The van der Waals surface area contributed by atoms with Crippen molar-refractivity contribution in [3.8, 4) is 17.2 Å². The molecule has 0 saturated carbocycles. The van der Waals surface area contributed by atoms with Gasteiger partial charge in [-0.05, 0) is 67.6 Å². The summed E-state index contributed by atoms with van der Waals surface area (Å²) in [6, 6.07) is 7.39. The number of benzene rings is 2. The van der Waals surface area contributed by atoms with Crippen LogP contribution in [0, 0.1) is 20.8 Å². The summed E-state index contributed by atoms with van der Waals surface area (Å²) in [4.78, 5) is 0.321. The van der Waals surface area contributed by atoms with Gasteiger partial charge >= 0.3 is 0 Å². The molecule has 140 valence electrons. The molecule has 3 rings (SSSR count). The summed E-state index contributed by atoms with van der Waals surface area (Å²) >= 11 is 0. The van der Waals surface area contributed by atoms with E-state index in [2.05, 4.69) is 4.72 Å². The second-order valence-corrected chi connectivity index (χ2v) is 8.01. The van der Waals surface area contributed by atoms with Crippen LogP contribution in [0.15, 0.2) is 29.2 Å². The van der Waals surface area contributed by atoms with Crippen molar-refractivity contribution in [2.75, 3.05) is 20.4 Å². The average molecular weight is 377 g/mol. The van der Waals surface area contributed by atoms with E-state index < -0.39 is 10.0 Å². The molecule has 0 bridgehead atoms. The first kappa shape index (κ1) is 18.5. The Hall–Kier alpha value is -2.25. The van der Waals surface area contributed by atoms with Gasteiger partial charge in [0.1, 0.15) is 5.75 Å². The van der Waals surface area contributed by atoms with Crippen molar-refractivity contribution in [1.29, 1.82) is 0 Å². The summed E-state index contributed by atoms with van der Waals surface area (Å²) in [5, 5.41) is 0. The Morgan fingerprint density at radius 2 is 1.81 bits per heavy atom. The summed E-state index contributed by atoms with van der Waals surface area (Å²) in [5.74, 6) is 2.11. The van der Waals surface area contributed by atoms with Crippen LogP contribution in [0.2, 0.25) is 0 Å². The first-order chi connectivity index (χ1) is 12.3. The molecule has 1 aliphatic heterocycles. The van der Waals surface area contributed by atoms with Crippen LogP contribution >= 0.6 is 0 Å². The van der Waals surface area contributed by atoms with E-state index in [1.165, 1.54) is 0 Å². The summed E-state index contributed by atoms with van der Waals surface area (Å²) in [5.41, 5.74) is 3.18. The number of hydrogen-bond acceptors (Lipinski definition) is 5. The Morgan fingerprint density at radius 3 is 2.54 bits per heavy atom. The molecular weight excluding hydrogens is 354 g/mol. The fourth-order valence-electron chi connectivity index (χ4n) is 3.15. The zero-order valence-corrected chi connectivity index (χ0v) is 16.2. The van der Waals surface area contributed by atoms with Crippen LogP contribution in [0.1, 0.15) is 22.3 Å². The maximum Gasteiger partial charge on any atom is 0.241 e. The Morgan fingerprint density at radius 1 is 1.08 bits per heavy atom. The number of rotatable bonds is 6. The highest BCUT2D eigenvalue weighted by Gasteiger charge is 2.22. The fraction of sp³-hybridized carbons (Fsp3) is 0.368. The molecule has 26 heavy (non-hydrogen) atoms. The lowest BCUT2D eigenvalue weighted by molar-refractivity contribution is 0.174. The first-order valence-corrected chi connectivity index (χ1v) is 9.85. The Kier molecular flexibility index (Phi) is 5.11. The maximum atomic E-state index is 12.8. The SMILES string of the molecule is COc1cc(C)c(S(=O)(=O)NCCc2ccc3c(c2)OCO3)c(C)c1C. The third-order valence-corrected chi connectivity index (χ3v) is 6.36. The number of aryl methyl sites for hydroxylation is 1. The molecule has 7 heteroatoms. The molecule has 1 N–H and O–H groups in total. The third kappa shape index (κ3) is 3.50. The lowest BCUT2D eigenvalue weighted by Crippen LogP contribution is -2.27. The minimum Gasteiger partial charge on any atom is -0.496 e.